The first kappa shape index (κ1) is 17.9. The van der Waals surface area contributed by atoms with E-state index < -0.39 is 6.10 Å². The topological polar surface area (TPSA) is 64.1 Å². The van der Waals surface area contributed by atoms with Crippen LogP contribution in [0.1, 0.15) is 44.5 Å². The lowest BCUT2D eigenvalue weighted by molar-refractivity contribution is -0.122. The van der Waals surface area contributed by atoms with E-state index in [0.717, 1.165) is 22.3 Å². The van der Waals surface area contributed by atoms with Crippen LogP contribution in [-0.2, 0) is 4.79 Å². The largest absolute Gasteiger partial charge is 0.481 e. The highest BCUT2D eigenvalue weighted by Gasteiger charge is 2.18. The first-order chi connectivity index (χ1) is 11.0. The monoisotopic (exact) mass is 397 g/mol. The van der Waals surface area contributed by atoms with Crippen LogP contribution in [0.2, 0.25) is 0 Å². The number of nitrogens with zero attached hydrogens (tertiary/aromatic N) is 2. The van der Waals surface area contributed by atoms with Crippen molar-refractivity contribution in [3.63, 3.8) is 0 Å². The predicted molar refractivity (Wildman–Crippen MR) is 96.1 cm³/mol. The Hall–Kier alpha value is -1.47. The van der Waals surface area contributed by atoms with Gasteiger partial charge in [-0.25, -0.2) is 0 Å². The maximum absolute atomic E-state index is 12.2. The summed E-state index contributed by atoms with van der Waals surface area (Å²) in [6, 6.07) is 7.35. The predicted octanol–water partition coefficient (Wildman–Crippen LogP) is 4.61. The molecular formula is C16H20BrN3O2S. The molecule has 0 spiro atoms. The van der Waals surface area contributed by atoms with Crippen LogP contribution in [0.25, 0.3) is 0 Å². The average Bonchev–Trinajstić information content (AvgIpc) is 2.99. The second kappa shape index (κ2) is 8.40. The van der Waals surface area contributed by atoms with Crippen LogP contribution in [0.5, 0.6) is 5.75 Å². The lowest BCUT2D eigenvalue weighted by Gasteiger charge is -2.13. The van der Waals surface area contributed by atoms with Gasteiger partial charge in [0, 0.05) is 10.4 Å². The fourth-order valence-electron chi connectivity index (χ4n) is 2.07. The summed E-state index contributed by atoms with van der Waals surface area (Å²) in [4.78, 5) is 12.2. The number of anilines is 1. The smallest absolute Gasteiger partial charge is 0.266 e. The van der Waals surface area contributed by atoms with Crippen molar-refractivity contribution in [1.82, 2.24) is 10.2 Å². The van der Waals surface area contributed by atoms with Gasteiger partial charge in [0.1, 0.15) is 10.8 Å². The van der Waals surface area contributed by atoms with Crippen molar-refractivity contribution in [2.75, 3.05) is 5.32 Å². The molecule has 1 unspecified atom stereocenters. The minimum absolute atomic E-state index is 0.236. The zero-order chi connectivity index (χ0) is 16.8. The summed E-state index contributed by atoms with van der Waals surface area (Å²) in [6.45, 7) is 5.96. The van der Waals surface area contributed by atoms with Crippen LogP contribution in [0.4, 0.5) is 5.13 Å². The Balaban J connectivity index is 1.94. The van der Waals surface area contributed by atoms with Gasteiger partial charge in [0.05, 0.1) is 0 Å². The standard InChI is InChI=1S/C16H20BrN3O2S/c1-4-11(5-2)15-19-20-16(23-15)18-14(21)10(3)22-13-8-6-12(17)7-9-13/h6-11H,4-5H2,1-3H3,(H,18,20,21). The summed E-state index contributed by atoms with van der Waals surface area (Å²) >= 11 is 4.79. The molecule has 0 saturated carbocycles. The van der Waals surface area contributed by atoms with E-state index in [-0.39, 0.29) is 5.91 Å². The minimum atomic E-state index is -0.614. The van der Waals surface area contributed by atoms with E-state index in [2.05, 4.69) is 45.3 Å². The SMILES string of the molecule is CCC(CC)c1nnc(NC(=O)C(C)Oc2ccc(Br)cc2)s1. The summed E-state index contributed by atoms with van der Waals surface area (Å²) in [7, 11) is 0. The molecule has 0 fully saturated rings. The molecule has 0 aliphatic rings. The van der Waals surface area contributed by atoms with Crippen molar-refractivity contribution in [2.45, 2.75) is 45.6 Å². The van der Waals surface area contributed by atoms with E-state index in [9.17, 15) is 4.79 Å². The number of benzene rings is 1. The highest BCUT2D eigenvalue weighted by molar-refractivity contribution is 9.10. The molecule has 0 radical (unpaired) electrons. The number of rotatable bonds is 7. The van der Waals surface area contributed by atoms with E-state index >= 15 is 0 Å². The third-order valence-corrected chi connectivity index (χ3v) is 5.03. The van der Waals surface area contributed by atoms with Crippen molar-refractivity contribution in [3.05, 3.63) is 33.7 Å². The zero-order valence-electron chi connectivity index (χ0n) is 13.4. The number of ether oxygens (including phenoxy) is 1. The first-order valence-electron chi connectivity index (χ1n) is 7.60. The van der Waals surface area contributed by atoms with Gasteiger partial charge in [-0.3, -0.25) is 10.1 Å². The fourth-order valence-corrected chi connectivity index (χ4v) is 3.34. The number of carbonyl (C=O) groups excluding carboxylic acids is 1. The highest BCUT2D eigenvalue weighted by atomic mass is 79.9. The molecule has 2 aromatic rings. The van der Waals surface area contributed by atoms with E-state index in [1.54, 1.807) is 6.92 Å². The molecule has 1 aromatic carbocycles. The molecule has 2 rings (SSSR count). The van der Waals surface area contributed by atoms with Crippen LogP contribution < -0.4 is 10.1 Å². The molecule has 0 bridgehead atoms. The summed E-state index contributed by atoms with van der Waals surface area (Å²) in [5, 5.41) is 12.5. The second-order valence-electron chi connectivity index (χ2n) is 5.16. The Kier molecular flexibility index (Phi) is 6.53. The lowest BCUT2D eigenvalue weighted by Crippen LogP contribution is -2.30. The Morgan fingerprint density at radius 2 is 1.91 bits per heavy atom. The molecule has 0 saturated heterocycles. The Bertz CT molecular complexity index is 641. The lowest BCUT2D eigenvalue weighted by atomic mass is 10.1. The molecule has 1 atom stereocenters. The quantitative estimate of drug-likeness (QED) is 0.740. The molecule has 124 valence electrons. The number of carbonyl (C=O) groups is 1. The molecule has 1 aromatic heterocycles. The number of hydrogen-bond acceptors (Lipinski definition) is 5. The van der Waals surface area contributed by atoms with Crippen molar-refractivity contribution < 1.29 is 9.53 Å². The molecule has 1 N–H and O–H groups in total. The van der Waals surface area contributed by atoms with Gasteiger partial charge < -0.3 is 4.74 Å². The normalized spacial score (nSPS) is 12.2. The van der Waals surface area contributed by atoms with Gasteiger partial charge in [-0.2, -0.15) is 0 Å². The summed E-state index contributed by atoms with van der Waals surface area (Å²) in [6.07, 6.45) is 1.42. The molecule has 23 heavy (non-hydrogen) atoms. The van der Waals surface area contributed by atoms with Crippen LogP contribution in [0.15, 0.2) is 28.7 Å². The maximum atomic E-state index is 12.2. The number of aromatic nitrogens is 2. The van der Waals surface area contributed by atoms with Gasteiger partial charge in [-0.1, -0.05) is 41.1 Å². The van der Waals surface area contributed by atoms with Gasteiger partial charge >= 0.3 is 0 Å². The van der Waals surface area contributed by atoms with Crippen LogP contribution in [-0.4, -0.2) is 22.2 Å². The van der Waals surface area contributed by atoms with Crippen LogP contribution >= 0.6 is 27.3 Å². The van der Waals surface area contributed by atoms with Gasteiger partial charge in [0.2, 0.25) is 5.13 Å². The molecule has 5 nitrogen and oxygen atoms in total. The molecule has 0 aliphatic heterocycles. The van der Waals surface area contributed by atoms with Crippen LogP contribution in [0, 0.1) is 0 Å². The fraction of sp³-hybridized carbons (Fsp3) is 0.438. The van der Waals surface area contributed by atoms with Gasteiger partial charge in [-0.15, -0.1) is 10.2 Å². The van der Waals surface area contributed by atoms with Crippen LogP contribution in [0.3, 0.4) is 0 Å². The van der Waals surface area contributed by atoms with Crippen molar-refractivity contribution in [1.29, 1.82) is 0 Å². The van der Waals surface area contributed by atoms with E-state index in [1.165, 1.54) is 11.3 Å². The van der Waals surface area contributed by atoms with Crippen molar-refractivity contribution in [2.24, 2.45) is 0 Å². The minimum Gasteiger partial charge on any atom is -0.481 e. The first-order valence-corrected chi connectivity index (χ1v) is 9.20. The third-order valence-electron chi connectivity index (χ3n) is 3.50. The van der Waals surface area contributed by atoms with Crippen molar-refractivity contribution in [3.8, 4) is 5.75 Å². The number of hydrogen-bond donors (Lipinski definition) is 1. The third kappa shape index (κ3) is 5.00. The van der Waals surface area contributed by atoms with E-state index in [4.69, 9.17) is 4.74 Å². The molecule has 7 heteroatoms. The average molecular weight is 398 g/mol. The highest BCUT2D eigenvalue weighted by Crippen LogP contribution is 2.28. The summed E-state index contributed by atoms with van der Waals surface area (Å²) in [5.41, 5.74) is 0. The molecular weight excluding hydrogens is 378 g/mol. The maximum Gasteiger partial charge on any atom is 0.266 e. The number of nitrogens with one attached hydrogen (secondary N) is 1. The molecule has 1 heterocycles. The Labute approximate surface area is 148 Å². The summed E-state index contributed by atoms with van der Waals surface area (Å²) < 4.78 is 6.59. The van der Waals surface area contributed by atoms with Crippen molar-refractivity contribution >= 4 is 38.3 Å². The molecule has 1 amide bonds. The Morgan fingerprint density at radius 1 is 1.26 bits per heavy atom. The summed E-state index contributed by atoms with van der Waals surface area (Å²) in [5.74, 6) is 0.806. The zero-order valence-corrected chi connectivity index (χ0v) is 15.8. The van der Waals surface area contributed by atoms with Gasteiger partial charge in [0.25, 0.3) is 5.91 Å². The van der Waals surface area contributed by atoms with Gasteiger partial charge in [0.15, 0.2) is 6.10 Å². The van der Waals surface area contributed by atoms with E-state index in [0.29, 0.717) is 16.8 Å². The number of amides is 1. The van der Waals surface area contributed by atoms with Gasteiger partial charge in [-0.05, 0) is 44.0 Å². The van der Waals surface area contributed by atoms with E-state index in [1.807, 2.05) is 24.3 Å². The second-order valence-corrected chi connectivity index (χ2v) is 7.09. The molecule has 0 aliphatic carbocycles. The number of halogens is 1. The Morgan fingerprint density at radius 3 is 2.52 bits per heavy atom.